The fraction of sp³-hybridized carbons (Fsp3) is 0.143. The maximum absolute atomic E-state index is 5.42. The van der Waals surface area contributed by atoms with Crippen LogP contribution < -0.4 is 5.73 Å². The summed E-state index contributed by atoms with van der Waals surface area (Å²) in [5, 5.41) is 4.18. The van der Waals surface area contributed by atoms with Gasteiger partial charge in [-0.3, -0.25) is 4.68 Å². The lowest BCUT2D eigenvalue weighted by Gasteiger charge is -1.88. The van der Waals surface area contributed by atoms with Gasteiger partial charge in [-0.1, -0.05) is 0 Å². The summed E-state index contributed by atoms with van der Waals surface area (Å²) in [4.78, 5) is 6.77. The van der Waals surface area contributed by atoms with Crippen LogP contribution in [0.25, 0.3) is 11.4 Å². The number of nitrogens with zero attached hydrogens (tertiary/aromatic N) is 3. The molecule has 0 bridgehead atoms. The van der Waals surface area contributed by atoms with Crippen molar-refractivity contribution in [1.82, 2.24) is 19.7 Å². The zero-order valence-electron chi connectivity index (χ0n) is 6.65. The van der Waals surface area contributed by atoms with Gasteiger partial charge < -0.3 is 10.7 Å². The third kappa shape index (κ3) is 1.05. The van der Waals surface area contributed by atoms with E-state index in [-0.39, 0.29) is 0 Å². The third-order valence-electron chi connectivity index (χ3n) is 1.59. The SMILES string of the molecule is Cn1ccc(-c2cnc(N)[nH]2)n1. The summed E-state index contributed by atoms with van der Waals surface area (Å²) in [6.07, 6.45) is 3.53. The van der Waals surface area contributed by atoms with Crippen molar-refractivity contribution in [3.05, 3.63) is 18.5 Å². The van der Waals surface area contributed by atoms with E-state index in [0.717, 1.165) is 11.4 Å². The van der Waals surface area contributed by atoms with E-state index in [4.69, 9.17) is 5.73 Å². The van der Waals surface area contributed by atoms with Gasteiger partial charge in [-0.05, 0) is 6.07 Å². The molecule has 0 aromatic carbocycles. The maximum atomic E-state index is 5.42. The fourth-order valence-corrected chi connectivity index (χ4v) is 1.03. The van der Waals surface area contributed by atoms with Crippen LogP contribution in [0, 0.1) is 0 Å². The molecule has 0 aliphatic heterocycles. The molecule has 0 amide bonds. The van der Waals surface area contributed by atoms with Gasteiger partial charge in [0.05, 0.1) is 11.9 Å². The van der Waals surface area contributed by atoms with Crippen molar-refractivity contribution < 1.29 is 0 Å². The van der Waals surface area contributed by atoms with Gasteiger partial charge in [0, 0.05) is 13.2 Å². The highest BCUT2D eigenvalue weighted by Crippen LogP contribution is 2.13. The molecule has 0 fully saturated rings. The Labute approximate surface area is 69.2 Å². The molecule has 2 rings (SSSR count). The van der Waals surface area contributed by atoms with Crippen LogP contribution in [0.5, 0.6) is 0 Å². The summed E-state index contributed by atoms with van der Waals surface area (Å²) in [6, 6.07) is 1.90. The van der Waals surface area contributed by atoms with E-state index < -0.39 is 0 Å². The highest BCUT2D eigenvalue weighted by Gasteiger charge is 2.02. The van der Waals surface area contributed by atoms with Crippen molar-refractivity contribution in [2.45, 2.75) is 0 Å². The normalized spacial score (nSPS) is 10.4. The van der Waals surface area contributed by atoms with Gasteiger partial charge in [0.25, 0.3) is 0 Å². The first-order valence-electron chi connectivity index (χ1n) is 3.56. The minimum absolute atomic E-state index is 0.413. The van der Waals surface area contributed by atoms with Crippen molar-refractivity contribution in [3.8, 4) is 11.4 Å². The number of nitrogens with two attached hydrogens (primary N) is 1. The number of hydrogen-bond donors (Lipinski definition) is 2. The first-order chi connectivity index (χ1) is 5.75. The second-order valence-electron chi connectivity index (χ2n) is 2.56. The van der Waals surface area contributed by atoms with Gasteiger partial charge in [-0.2, -0.15) is 5.10 Å². The largest absolute Gasteiger partial charge is 0.369 e. The van der Waals surface area contributed by atoms with E-state index in [1.54, 1.807) is 10.9 Å². The van der Waals surface area contributed by atoms with E-state index >= 15 is 0 Å². The average molecular weight is 163 g/mol. The highest BCUT2D eigenvalue weighted by molar-refractivity contribution is 5.54. The first-order valence-corrected chi connectivity index (χ1v) is 3.56. The van der Waals surface area contributed by atoms with Crippen LogP contribution in [-0.4, -0.2) is 19.7 Å². The second-order valence-corrected chi connectivity index (χ2v) is 2.56. The summed E-state index contributed by atoms with van der Waals surface area (Å²) in [5.41, 5.74) is 7.11. The predicted octanol–water partition coefficient (Wildman–Crippen LogP) is 0.392. The minimum atomic E-state index is 0.413. The summed E-state index contributed by atoms with van der Waals surface area (Å²) >= 11 is 0. The monoisotopic (exact) mass is 163 g/mol. The molecule has 3 N–H and O–H groups in total. The number of H-pyrrole nitrogens is 1. The van der Waals surface area contributed by atoms with E-state index in [0.29, 0.717) is 5.95 Å². The first kappa shape index (κ1) is 6.90. The van der Waals surface area contributed by atoms with Crippen molar-refractivity contribution in [1.29, 1.82) is 0 Å². The number of rotatable bonds is 1. The molecule has 5 heteroatoms. The highest BCUT2D eigenvalue weighted by atomic mass is 15.3. The molecular weight excluding hydrogens is 154 g/mol. The third-order valence-corrected chi connectivity index (χ3v) is 1.59. The molecule has 5 nitrogen and oxygen atoms in total. The van der Waals surface area contributed by atoms with Crippen LogP contribution >= 0.6 is 0 Å². The number of nitrogen functional groups attached to an aromatic ring is 1. The van der Waals surface area contributed by atoms with Crippen LogP contribution in [0.15, 0.2) is 18.5 Å². The topological polar surface area (TPSA) is 72.5 Å². The molecular formula is C7H9N5. The van der Waals surface area contributed by atoms with Crippen molar-refractivity contribution in [3.63, 3.8) is 0 Å². The molecule has 0 saturated heterocycles. The van der Waals surface area contributed by atoms with Crippen LogP contribution in [0.1, 0.15) is 0 Å². The second kappa shape index (κ2) is 2.37. The molecule has 0 aliphatic carbocycles. The van der Waals surface area contributed by atoms with Crippen LogP contribution in [-0.2, 0) is 7.05 Å². The minimum Gasteiger partial charge on any atom is -0.369 e. The van der Waals surface area contributed by atoms with Crippen molar-refractivity contribution >= 4 is 5.95 Å². The van der Waals surface area contributed by atoms with E-state index in [9.17, 15) is 0 Å². The molecule has 0 unspecified atom stereocenters. The molecule has 2 aromatic rings. The number of imidazole rings is 1. The summed E-state index contributed by atoms with van der Waals surface area (Å²) in [6.45, 7) is 0. The van der Waals surface area contributed by atoms with E-state index in [2.05, 4.69) is 15.1 Å². The molecule has 0 radical (unpaired) electrons. The Morgan fingerprint density at radius 1 is 1.58 bits per heavy atom. The van der Waals surface area contributed by atoms with Crippen LogP contribution in [0.3, 0.4) is 0 Å². The molecule has 0 aliphatic rings. The Balaban J connectivity index is 2.43. The van der Waals surface area contributed by atoms with Gasteiger partial charge in [-0.25, -0.2) is 4.98 Å². The van der Waals surface area contributed by atoms with Gasteiger partial charge >= 0.3 is 0 Å². The van der Waals surface area contributed by atoms with Crippen LogP contribution in [0.4, 0.5) is 5.95 Å². The van der Waals surface area contributed by atoms with E-state index in [1.807, 2.05) is 19.3 Å². The zero-order valence-corrected chi connectivity index (χ0v) is 6.65. The lowest BCUT2D eigenvalue weighted by molar-refractivity contribution is 0.770. The average Bonchev–Trinajstić information content (AvgIpc) is 2.58. The zero-order chi connectivity index (χ0) is 8.55. The Kier molecular flexibility index (Phi) is 1.36. The lowest BCUT2D eigenvalue weighted by atomic mass is 10.3. The maximum Gasteiger partial charge on any atom is 0.197 e. The Morgan fingerprint density at radius 2 is 2.42 bits per heavy atom. The number of hydrogen-bond acceptors (Lipinski definition) is 3. The number of aromatic nitrogens is 4. The smallest absolute Gasteiger partial charge is 0.197 e. The number of aryl methyl sites for hydroxylation is 1. The lowest BCUT2D eigenvalue weighted by Crippen LogP contribution is -1.88. The molecule has 2 heterocycles. The number of anilines is 1. The fourth-order valence-electron chi connectivity index (χ4n) is 1.03. The van der Waals surface area contributed by atoms with Gasteiger partial charge in [-0.15, -0.1) is 0 Å². The Hall–Kier alpha value is -1.78. The molecule has 2 aromatic heterocycles. The molecule has 62 valence electrons. The number of aromatic amines is 1. The van der Waals surface area contributed by atoms with Crippen molar-refractivity contribution in [2.24, 2.45) is 7.05 Å². The molecule has 0 saturated carbocycles. The molecule has 12 heavy (non-hydrogen) atoms. The van der Waals surface area contributed by atoms with Crippen molar-refractivity contribution in [2.75, 3.05) is 5.73 Å². The van der Waals surface area contributed by atoms with Gasteiger partial charge in [0.2, 0.25) is 0 Å². The van der Waals surface area contributed by atoms with Crippen LogP contribution in [0.2, 0.25) is 0 Å². The quantitative estimate of drug-likeness (QED) is 0.638. The Bertz CT molecular complexity index is 348. The molecule has 0 spiro atoms. The summed E-state index contributed by atoms with van der Waals surface area (Å²) in [5.74, 6) is 0.413. The standard InChI is InChI=1S/C7H9N5/c1-12-3-2-5(11-12)6-4-9-7(8)10-6/h2-4H,1H3,(H3,8,9,10). The summed E-state index contributed by atoms with van der Waals surface area (Å²) in [7, 11) is 1.86. The number of nitrogens with one attached hydrogen (secondary N) is 1. The van der Waals surface area contributed by atoms with Gasteiger partial charge in [0.15, 0.2) is 5.95 Å². The van der Waals surface area contributed by atoms with E-state index in [1.165, 1.54) is 0 Å². The molecule has 0 atom stereocenters. The Morgan fingerprint density at radius 3 is 2.92 bits per heavy atom. The summed E-state index contributed by atoms with van der Waals surface area (Å²) < 4.78 is 1.73. The van der Waals surface area contributed by atoms with Gasteiger partial charge in [0.1, 0.15) is 5.69 Å². The predicted molar refractivity (Wildman–Crippen MR) is 45.2 cm³/mol.